The first-order valence-electron chi connectivity index (χ1n) is 7.03. The predicted molar refractivity (Wildman–Crippen MR) is 75.9 cm³/mol. The Kier molecular flexibility index (Phi) is 4.10. The summed E-state index contributed by atoms with van der Waals surface area (Å²) in [5.41, 5.74) is 1.08. The first-order chi connectivity index (χ1) is 9.24. The van der Waals surface area contributed by atoms with Crippen LogP contribution < -0.4 is 5.32 Å². The van der Waals surface area contributed by atoms with Gasteiger partial charge in [0.2, 0.25) is 0 Å². The van der Waals surface area contributed by atoms with Crippen LogP contribution in [0.3, 0.4) is 0 Å². The number of thioether (sulfide) groups is 1. The number of ether oxygens (including phenoxy) is 1. The zero-order valence-corrected chi connectivity index (χ0v) is 12.0. The van der Waals surface area contributed by atoms with Crippen LogP contribution in [0.25, 0.3) is 0 Å². The third-order valence-corrected chi connectivity index (χ3v) is 5.40. The topological polar surface area (TPSA) is 21.3 Å². The number of hydrogen-bond acceptors (Lipinski definition) is 3. The molecule has 0 spiro atoms. The van der Waals surface area contributed by atoms with E-state index in [4.69, 9.17) is 4.74 Å². The molecule has 3 rings (SSSR count). The van der Waals surface area contributed by atoms with Gasteiger partial charge in [0.1, 0.15) is 5.82 Å². The van der Waals surface area contributed by atoms with E-state index in [0.717, 1.165) is 30.0 Å². The smallest absolute Gasteiger partial charge is 0.137 e. The standard InChI is InChI=1S/C15H20FNOS/c1-10-14(7-8-18-10)19-15-11(3-2-4-13(15)16)9-17-12-5-6-12/h2-4,10,12,14,17H,5-9H2,1H3. The van der Waals surface area contributed by atoms with Gasteiger partial charge in [0.05, 0.1) is 6.10 Å². The molecule has 2 unspecified atom stereocenters. The third kappa shape index (κ3) is 3.30. The lowest BCUT2D eigenvalue weighted by molar-refractivity contribution is 0.127. The van der Waals surface area contributed by atoms with Crippen molar-refractivity contribution in [2.24, 2.45) is 0 Å². The van der Waals surface area contributed by atoms with Crippen molar-refractivity contribution >= 4 is 11.8 Å². The maximum atomic E-state index is 14.1. The molecule has 1 aromatic rings. The number of rotatable bonds is 5. The van der Waals surface area contributed by atoms with Crippen molar-refractivity contribution < 1.29 is 9.13 Å². The lowest BCUT2D eigenvalue weighted by Gasteiger charge is -2.17. The van der Waals surface area contributed by atoms with Gasteiger partial charge in [0.25, 0.3) is 0 Å². The Hall–Kier alpha value is -0.580. The van der Waals surface area contributed by atoms with E-state index >= 15 is 0 Å². The Bertz CT molecular complexity index is 450. The summed E-state index contributed by atoms with van der Waals surface area (Å²) >= 11 is 1.64. The summed E-state index contributed by atoms with van der Waals surface area (Å²) in [4.78, 5) is 0.804. The molecule has 0 aromatic heterocycles. The maximum Gasteiger partial charge on any atom is 0.137 e. The van der Waals surface area contributed by atoms with Gasteiger partial charge < -0.3 is 10.1 Å². The fourth-order valence-electron chi connectivity index (χ4n) is 2.38. The van der Waals surface area contributed by atoms with Crippen molar-refractivity contribution in [3.8, 4) is 0 Å². The predicted octanol–water partition coefficient (Wildman–Crippen LogP) is 3.35. The average molecular weight is 281 g/mol. The largest absolute Gasteiger partial charge is 0.377 e. The van der Waals surface area contributed by atoms with Gasteiger partial charge in [0, 0.05) is 29.3 Å². The summed E-state index contributed by atoms with van der Waals surface area (Å²) in [5, 5.41) is 3.84. The molecule has 1 saturated carbocycles. The second-order valence-electron chi connectivity index (χ2n) is 5.40. The fourth-order valence-corrected chi connectivity index (χ4v) is 3.64. The van der Waals surface area contributed by atoms with Crippen LogP contribution in [0.15, 0.2) is 23.1 Å². The molecule has 2 atom stereocenters. The van der Waals surface area contributed by atoms with Gasteiger partial charge in [-0.25, -0.2) is 4.39 Å². The Morgan fingerprint density at radius 3 is 2.89 bits per heavy atom. The first kappa shape index (κ1) is 13.4. The normalized spacial score (nSPS) is 26.8. The molecule has 1 saturated heterocycles. The summed E-state index contributed by atoms with van der Waals surface area (Å²) in [6.45, 7) is 3.64. The van der Waals surface area contributed by atoms with E-state index in [2.05, 4.69) is 12.2 Å². The molecule has 1 aliphatic carbocycles. The summed E-state index contributed by atoms with van der Waals surface area (Å²) in [6, 6.07) is 6.04. The van der Waals surface area contributed by atoms with E-state index in [1.807, 2.05) is 6.07 Å². The van der Waals surface area contributed by atoms with Crippen LogP contribution in [0, 0.1) is 5.82 Å². The molecule has 4 heteroatoms. The molecule has 2 fully saturated rings. The lowest BCUT2D eigenvalue weighted by atomic mass is 10.2. The lowest BCUT2D eigenvalue weighted by Crippen LogP contribution is -2.18. The highest BCUT2D eigenvalue weighted by molar-refractivity contribution is 8.00. The van der Waals surface area contributed by atoms with E-state index < -0.39 is 0 Å². The van der Waals surface area contributed by atoms with Crippen molar-refractivity contribution in [1.82, 2.24) is 5.32 Å². The van der Waals surface area contributed by atoms with Crippen molar-refractivity contribution in [1.29, 1.82) is 0 Å². The average Bonchev–Trinajstić information content (AvgIpc) is 3.14. The Morgan fingerprint density at radius 1 is 1.37 bits per heavy atom. The van der Waals surface area contributed by atoms with Crippen LogP contribution in [0.5, 0.6) is 0 Å². The van der Waals surface area contributed by atoms with Gasteiger partial charge >= 0.3 is 0 Å². The fraction of sp³-hybridized carbons (Fsp3) is 0.600. The molecule has 2 aliphatic rings. The Balaban J connectivity index is 1.73. The minimum Gasteiger partial charge on any atom is -0.377 e. The molecule has 1 aromatic carbocycles. The van der Waals surface area contributed by atoms with Gasteiger partial charge in [-0.2, -0.15) is 0 Å². The van der Waals surface area contributed by atoms with Gasteiger partial charge in [-0.15, -0.1) is 11.8 Å². The zero-order valence-electron chi connectivity index (χ0n) is 11.2. The minimum atomic E-state index is -0.0980. The van der Waals surface area contributed by atoms with E-state index in [1.54, 1.807) is 23.9 Å². The van der Waals surface area contributed by atoms with Crippen LogP contribution in [-0.2, 0) is 11.3 Å². The molecule has 104 valence electrons. The SMILES string of the molecule is CC1OCCC1Sc1c(F)cccc1CNC1CC1. The van der Waals surface area contributed by atoms with Crippen LogP contribution in [-0.4, -0.2) is 24.0 Å². The highest BCUT2D eigenvalue weighted by Crippen LogP contribution is 2.36. The minimum absolute atomic E-state index is 0.0980. The van der Waals surface area contributed by atoms with Crippen molar-refractivity contribution in [3.63, 3.8) is 0 Å². The highest BCUT2D eigenvalue weighted by Gasteiger charge is 2.27. The molecule has 2 nitrogen and oxygen atoms in total. The number of nitrogens with one attached hydrogen (secondary N) is 1. The van der Waals surface area contributed by atoms with Crippen LogP contribution >= 0.6 is 11.8 Å². The summed E-state index contributed by atoms with van der Waals surface area (Å²) in [5.74, 6) is -0.0980. The number of hydrogen-bond donors (Lipinski definition) is 1. The second-order valence-corrected chi connectivity index (χ2v) is 6.65. The molecule has 0 radical (unpaired) electrons. The van der Waals surface area contributed by atoms with Gasteiger partial charge in [-0.1, -0.05) is 12.1 Å². The molecular formula is C15H20FNOS. The van der Waals surface area contributed by atoms with Crippen molar-refractivity contribution in [3.05, 3.63) is 29.6 Å². The Labute approximate surface area is 118 Å². The van der Waals surface area contributed by atoms with Gasteiger partial charge in [0.15, 0.2) is 0 Å². The van der Waals surface area contributed by atoms with E-state index in [9.17, 15) is 4.39 Å². The van der Waals surface area contributed by atoms with Crippen LogP contribution in [0.4, 0.5) is 4.39 Å². The molecule has 0 bridgehead atoms. The van der Waals surface area contributed by atoms with Crippen molar-refractivity contribution in [2.75, 3.05) is 6.61 Å². The molecule has 1 heterocycles. The summed E-state index contributed by atoms with van der Waals surface area (Å²) in [6.07, 6.45) is 3.74. The van der Waals surface area contributed by atoms with E-state index in [0.29, 0.717) is 11.3 Å². The quantitative estimate of drug-likeness (QED) is 0.894. The third-order valence-electron chi connectivity index (χ3n) is 3.78. The number of benzene rings is 1. The maximum absolute atomic E-state index is 14.1. The van der Waals surface area contributed by atoms with Crippen molar-refractivity contribution in [2.45, 2.75) is 55.0 Å². The van der Waals surface area contributed by atoms with E-state index in [1.165, 1.54) is 12.8 Å². The molecule has 0 amide bonds. The number of halogens is 1. The van der Waals surface area contributed by atoms with E-state index in [-0.39, 0.29) is 11.9 Å². The molecule has 1 N–H and O–H groups in total. The highest BCUT2D eigenvalue weighted by atomic mass is 32.2. The summed E-state index contributed by atoms with van der Waals surface area (Å²) in [7, 11) is 0. The monoisotopic (exact) mass is 281 g/mol. The second kappa shape index (κ2) is 5.81. The van der Waals surface area contributed by atoms with Crippen LogP contribution in [0.2, 0.25) is 0 Å². The summed E-state index contributed by atoms with van der Waals surface area (Å²) < 4.78 is 19.6. The van der Waals surface area contributed by atoms with Crippen LogP contribution in [0.1, 0.15) is 31.7 Å². The molecular weight excluding hydrogens is 261 g/mol. The first-order valence-corrected chi connectivity index (χ1v) is 7.91. The molecule has 19 heavy (non-hydrogen) atoms. The van der Waals surface area contributed by atoms with Gasteiger partial charge in [-0.3, -0.25) is 0 Å². The Morgan fingerprint density at radius 2 is 2.21 bits per heavy atom. The van der Waals surface area contributed by atoms with Gasteiger partial charge in [-0.05, 0) is 37.8 Å². The zero-order chi connectivity index (χ0) is 13.2. The molecule has 1 aliphatic heterocycles.